The molecule has 1 aromatic carbocycles. The van der Waals surface area contributed by atoms with E-state index < -0.39 is 0 Å². The summed E-state index contributed by atoms with van der Waals surface area (Å²) in [4.78, 5) is 4.30. The molecule has 102 valence electrons. The van der Waals surface area contributed by atoms with Crippen molar-refractivity contribution in [2.45, 2.75) is 26.4 Å². The van der Waals surface area contributed by atoms with E-state index >= 15 is 0 Å². The van der Waals surface area contributed by atoms with Crippen molar-refractivity contribution < 1.29 is 0 Å². The van der Waals surface area contributed by atoms with Crippen LogP contribution in [0.25, 0.3) is 10.9 Å². The van der Waals surface area contributed by atoms with Crippen molar-refractivity contribution in [3.8, 4) is 0 Å². The molecule has 19 heavy (non-hydrogen) atoms. The van der Waals surface area contributed by atoms with Crippen LogP contribution in [0.5, 0.6) is 0 Å². The van der Waals surface area contributed by atoms with Crippen LogP contribution in [-0.4, -0.2) is 23.1 Å². The number of nitrogens with one attached hydrogen (secondary N) is 1. The molecule has 0 aliphatic rings. The standard InChI is InChI=1S/C14H19ClN4/c1-10(2)18-14(16)17-6-8-19-7-5-11-9-12(15)3-4-13(11)19/h3-5,7,9-10H,6,8H2,1-2H3,(H3,16,17,18). The molecule has 0 saturated carbocycles. The van der Waals surface area contributed by atoms with Crippen LogP contribution in [0, 0.1) is 0 Å². The first-order valence-electron chi connectivity index (χ1n) is 6.37. The minimum absolute atomic E-state index is 0.304. The molecular weight excluding hydrogens is 260 g/mol. The van der Waals surface area contributed by atoms with Crippen LogP contribution < -0.4 is 11.1 Å². The number of nitrogens with zero attached hydrogens (tertiary/aromatic N) is 2. The number of nitrogens with two attached hydrogens (primary N) is 1. The highest BCUT2D eigenvalue weighted by atomic mass is 35.5. The van der Waals surface area contributed by atoms with Crippen LogP contribution in [0.3, 0.4) is 0 Å². The van der Waals surface area contributed by atoms with E-state index in [1.807, 2.05) is 38.2 Å². The molecule has 1 aromatic heterocycles. The fourth-order valence-corrected chi connectivity index (χ4v) is 2.17. The maximum Gasteiger partial charge on any atom is 0.188 e. The van der Waals surface area contributed by atoms with Crippen molar-refractivity contribution in [3.63, 3.8) is 0 Å². The monoisotopic (exact) mass is 278 g/mol. The molecule has 3 N–H and O–H groups in total. The molecule has 0 bridgehead atoms. The maximum absolute atomic E-state index is 5.97. The molecule has 0 aliphatic carbocycles. The molecule has 0 saturated heterocycles. The molecule has 2 rings (SSSR count). The van der Waals surface area contributed by atoms with Gasteiger partial charge in [-0.25, -0.2) is 0 Å². The number of aromatic nitrogens is 1. The summed E-state index contributed by atoms with van der Waals surface area (Å²) in [5.41, 5.74) is 6.92. The van der Waals surface area contributed by atoms with Crippen molar-refractivity contribution >= 4 is 28.5 Å². The second-order valence-electron chi connectivity index (χ2n) is 4.78. The fraction of sp³-hybridized carbons (Fsp3) is 0.357. The summed E-state index contributed by atoms with van der Waals surface area (Å²) < 4.78 is 2.15. The summed E-state index contributed by atoms with van der Waals surface area (Å²) >= 11 is 5.97. The van der Waals surface area contributed by atoms with Gasteiger partial charge in [-0.05, 0) is 38.1 Å². The molecule has 0 amide bonds. The van der Waals surface area contributed by atoms with Gasteiger partial charge in [0.15, 0.2) is 5.96 Å². The summed E-state index contributed by atoms with van der Waals surface area (Å²) in [6.45, 7) is 5.51. The van der Waals surface area contributed by atoms with E-state index in [9.17, 15) is 0 Å². The van der Waals surface area contributed by atoms with Crippen LogP contribution in [0.2, 0.25) is 5.02 Å². The number of guanidine groups is 1. The second kappa shape index (κ2) is 5.97. The van der Waals surface area contributed by atoms with Crippen LogP contribution in [0.15, 0.2) is 35.5 Å². The average molecular weight is 279 g/mol. The number of aliphatic imine (C=N–C) groups is 1. The van der Waals surface area contributed by atoms with E-state index in [0.717, 1.165) is 22.5 Å². The number of hydrogen-bond donors (Lipinski definition) is 2. The molecule has 0 spiro atoms. The number of benzene rings is 1. The van der Waals surface area contributed by atoms with Crippen LogP contribution in [0.1, 0.15) is 13.8 Å². The predicted octanol–water partition coefficient (Wildman–Crippen LogP) is 2.61. The Balaban J connectivity index is 2.02. The Morgan fingerprint density at radius 1 is 1.42 bits per heavy atom. The predicted molar refractivity (Wildman–Crippen MR) is 81.7 cm³/mol. The highest BCUT2D eigenvalue weighted by Gasteiger charge is 2.01. The van der Waals surface area contributed by atoms with Gasteiger partial charge in [0.05, 0.1) is 6.54 Å². The summed E-state index contributed by atoms with van der Waals surface area (Å²) in [6.07, 6.45) is 2.04. The Hall–Kier alpha value is -1.68. The molecule has 2 aromatic rings. The Morgan fingerprint density at radius 3 is 2.95 bits per heavy atom. The van der Waals surface area contributed by atoms with Gasteiger partial charge in [-0.2, -0.15) is 0 Å². The van der Waals surface area contributed by atoms with Gasteiger partial charge < -0.3 is 15.6 Å². The smallest absolute Gasteiger partial charge is 0.188 e. The van der Waals surface area contributed by atoms with Gasteiger partial charge in [0, 0.05) is 34.7 Å². The van der Waals surface area contributed by atoms with E-state index in [0.29, 0.717) is 18.5 Å². The zero-order chi connectivity index (χ0) is 13.8. The zero-order valence-electron chi connectivity index (χ0n) is 11.2. The van der Waals surface area contributed by atoms with Gasteiger partial charge in [0.2, 0.25) is 0 Å². The molecule has 0 fully saturated rings. The molecule has 1 heterocycles. The summed E-state index contributed by atoms with van der Waals surface area (Å²) in [6, 6.07) is 8.25. The number of hydrogen-bond acceptors (Lipinski definition) is 1. The molecule has 4 nitrogen and oxygen atoms in total. The van der Waals surface area contributed by atoms with Crippen molar-refractivity contribution in [2.24, 2.45) is 10.7 Å². The highest BCUT2D eigenvalue weighted by Crippen LogP contribution is 2.20. The third kappa shape index (κ3) is 3.64. The average Bonchev–Trinajstić information content (AvgIpc) is 2.70. The summed E-state index contributed by atoms with van der Waals surface area (Å²) in [7, 11) is 0. The minimum Gasteiger partial charge on any atom is -0.370 e. The normalized spacial score (nSPS) is 12.3. The first-order valence-corrected chi connectivity index (χ1v) is 6.75. The number of halogens is 1. The fourth-order valence-electron chi connectivity index (χ4n) is 1.99. The Morgan fingerprint density at radius 2 is 2.21 bits per heavy atom. The zero-order valence-corrected chi connectivity index (χ0v) is 12.0. The quantitative estimate of drug-likeness (QED) is 0.667. The first-order chi connectivity index (χ1) is 9.06. The third-order valence-electron chi connectivity index (χ3n) is 2.79. The van der Waals surface area contributed by atoms with Gasteiger partial charge in [-0.3, -0.25) is 4.99 Å². The Labute approximate surface area is 118 Å². The second-order valence-corrected chi connectivity index (χ2v) is 5.21. The lowest BCUT2D eigenvalue weighted by Gasteiger charge is -2.09. The van der Waals surface area contributed by atoms with E-state index in [2.05, 4.69) is 20.9 Å². The van der Waals surface area contributed by atoms with Crippen LogP contribution >= 0.6 is 11.6 Å². The van der Waals surface area contributed by atoms with Gasteiger partial charge in [0.25, 0.3) is 0 Å². The molecule has 0 radical (unpaired) electrons. The molecule has 0 aliphatic heterocycles. The Kier molecular flexibility index (Phi) is 4.32. The van der Waals surface area contributed by atoms with Gasteiger partial charge in [-0.1, -0.05) is 11.6 Å². The van der Waals surface area contributed by atoms with E-state index in [1.54, 1.807) is 0 Å². The van der Waals surface area contributed by atoms with Crippen LogP contribution in [0.4, 0.5) is 0 Å². The summed E-state index contributed by atoms with van der Waals surface area (Å²) in [5, 5.41) is 4.97. The van der Waals surface area contributed by atoms with Gasteiger partial charge in [-0.15, -0.1) is 0 Å². The van der Waals surface area contributed by atoms with Gasteiger partial charge >= 0.3 is 0 Å². The van der Waals surface area contributed by atoms with Crippen molar-refractivity contribution in [2.75, 3.05) is 6.54 Å². The van der Waals surface area contributed by atoms with Crippen molar-refractivity contribution in [1.82, 2.24) is 9.88 Å². The topological polar surface area (TPSA) is 55.3 Å². The maximum atomic E-state index is 5.97. The van der Waals surface area contributed by atoms with E-state index in [1.165, 1.54) is 0 Å². The molecule has 0 unspecified atom stereocenters. The summed E-state index contributed by atoms with van der Waals surface area (Å²) in [5.74, 6) is 0.495. The van der Waals surface area contributed by atoms with Crippen molar-refractivity contribution in [3.05, 3.63) is 35.5 Å². The lowest BCUT2D eigenvalue weighted by molar-refractivity contribution is 0.704. The molecular formula is C14H19ClN4. The molecule has 5 heteroatoms. The first kappa shape index (κ1) is 13.7. The Bertz CT molecular complexity index is 586. The van der Waals surface area contributed by atoms with Crippen molar-refractivity contribution in [1.29, 1.82) is 0 Å². The van der Waals surface area contributed by atoms with E-state index in [4.69, 9.17) is 17.3 Å². The van der Waals surface area contributed by atoms with E-state index in [-0.39, 0.29) is 0 Å². The van der Waals surface area contributed by atoms with Gasteiger partial charge in [0.1, 0.15) is 0 Å². The highest BCUT2D eigenvalue weighted by molar-refractivity contribution is 6.31. The largest absolute Gasteiger partial charge is 0.370 e. The SMILES string of the molecule is CC(C)NC(N)=NCCn1ccc2cc(Cl)ccc21. The number of rotatable bonds is 4. The molecule has 0 atom stereocenters. The lowest BCUT2D eigenvalue weighted by atomic mass is 10.2. The van der Waals surface area contributed by atoms with Crippen LogP contribution in [-0.2, 0) is 6.54 Å². The minimum atomic E-state index is 0.304. The third-order valence-corrected chi connectivity index (χ3v) is 3.03. The lowest BCUT2D eigenvalue weighted by Crippen LogP contribution is -2.36. The number of fused-ring (bicyclic) bond motifs is 1.